The summed E-state index contributed by atoms with van der Waals surface area (Å²) < 4.78 is 12.6. The lowest BCUT2D eigenvalue weighted by Crippen LogP contribution is -2.41. The molecule has 2 N–H and O–H groups in total. The zero-order valence-electron chi connectivity index (χ0n) is 15.8. The largest absolute Gasteiger partial charge is 0.454 e. The Bertz CT molecular complexity index is 873. The van der Waals surface area contributed by atoms with E-state index in [1.165, 1.54) is 0 Å². The molecule has 2 aliphatic rings. The smallest absolute Gasteiger partial charge is 0.313 e. The maximum Gasteiger partial charge on any atom is 0.313 e. The third-order valence-corrected chi connectivity index (χ3v) is 5.20. The summed E-state index contributed by atoms with van der Waals surface area (Å²) in [4.78, 5) is 27.0. The molecule has 1 aromatic heterocycles. The van der Waals surface area contributed by atoms with Gasteiger partial charge in [-0.25, -0.2) is 0 Å². The normalized spacial score (nSPS) is 16.8. The van der Waals surface area contributed by atoms with Crippen LogP contribution in [-0.4, -0.2) is 47.7 Å². The highest BCUT2D eigenvalue weighted by Gasteiger charge is 2.26. The summed E-state index contributed by atoms with van der Waals surface area (Å²) in [5.74, 6) is -0.184. The van der Waals surface area contributed by atoms with Crippen LogP contribution in [0.25, 0.3) is 0 Å². The van der Waals surface area contributed by atoms with Crippen molar-refractivity contribution >= 4 is 17.5 Å². The van der Waals surface area contributed by atoms with Crippen molar-refractivity contribution in [1.82, 2.24) is 14.8 Å². The zero-order chi connectivity index (χ0) is 19.5. The monoisotopic (exact) mass is 384 g/mol. The van der Waals surface area contributed by atoms with Crippen molar-refractivity contribution < 1.29 is 19.1 Å². The van der Waals surface area contributed by atoms with Gasteiger partial charge in [-0.2, -0.15) is 0 Å². The number of anilines is 1. The van der Waals surface area contributed by atoms with Gasteiger partial charge in [0, 0.05) is 37.2 Å². The van der Waals surface area contributed by atoms with Crippen molar-refractivity contribution in [2.24, 2.45) is 7.05 Å². The van der Waals surface area contributed by atoms with E-state index in [0.717, 1.165) is 31.6 Å². The Labute approximate surface area is 163 Å². The predicted octanol–water partition coefficient (Wildman–Crippen LogP) is 1.65. The van der Waals surface area contributed by atoms with Crippen LogP contribution in [0.2, 0.25) is 0 Å². The van der Waals surface area contributed by atoms with Gasteiger partial charge in [0.05, 0.1) is 6.04 Å². The van der Waals surface area contributed by atoms with E-state index in [1.54, 1.807) is 18.2 Å². The van der Waals surface area contributed by atoms with Crippen LogP contribution in [0.3, 0.4) is 0 Å². The summed E-state index contributed by atoms with van der Waals surface area (Å²) in [5, 5.41) is 5.39. The summed E-state index contributed by atoms with van der Waals surface area (Å²) in [7, 11) is 1.99. The Morgan fingerprint density at radius 2 is 1.89 bits per heavy atom. The molecule has 28 heavy (non-hydrogen) atoms. The number of ether oxygens (including phenoxy) is 2. The highest BCUT2D eigenvalue weighted by atomic mass is 16.7. The van der Waals surface area contributed by atoms with E-state index in [0.29, 0.717) is 23.7 Å². The van der Waals surface area contributed by atoms with E-state index in [1.807, 2.05) is 19.3 Å². The second kappa shape index (κ2) is 7.93. The fraction of sp³-hybridized carbons (Fsp3) is 0.400. The molecule has 8 nitrogen and oxygen atoms in total. The number of carbonyl (C=O) groups excluding carboxylic acids is 2. The molecule has 0 radical (unpaired) electrons. The highest BCUT2D eigenvalue weighted by molar-refractivity contribution is 6.39. The van der Waals surface area contributed by atoms with Gasteiger partial charge in [0.15, 0.2) is 11.5 Å². The molecule has 0 spiro atoms. The van der Waals surface area contributed by atoms with Crippen LogP contribution in [0.15, 0.2) is 36.5 Å². The summed E-state index contributed by atoms with van der Waals surface area (Å²) in [6, 6.07) is 9.12. The molecule has 2 aromatic rings. The van der Waals surface area contributed by atoms with Gasteiger partial charge in [-0.05, 0) is 50.2 Å². The van der Waals surface area contributed by atoms with Crippen LogP contribution in [-0.2, 0) is 16.6 Å². The molecule has 3 heterocycles. The minimum Gasteiger partial charge on any atom is -0.454 e. The average molecular weight is 384 g/mol. The van der Waals surface area contributed by atoms with Crippen LogP contribution in [0.1, 0.15) is 24.6 Å². The quantitative estimate of drug-likeness (QED) is 0.766. The van der Waals surface area contributed by atoms with Crippen LogP contribution < -0.4 is 20.1 Å². The Kier molecular flexibility index (Phi) is 5.21. The summed E-state index contributed by atoms with van der Waals surface area (Å²) in [6.45, 7) is 2.53. The van der Waals surface area contributed by atoms with E-state index in [9.17, 15) is 9.59 Å². The zero-order valence-corrected chi connectivity index (χ0v) is 15.8. The molecular weight excluding hydrogens is 360 g/mol. The molecule has 0 aliphatic carbocycles. The topological polar surface area (TPSA) is 84.8 Å². The molecule has 0 unspecified atom stereocenters. The number of hydrogen-bond donors (Lipinski definition) is 2. The minimum absolute atomic E-state index is 0.0461. The second-order valence-corrected chi connectivity index (χ2v) is 7.04. The van der Waals surface area contributed by atoms with Crippen molar-refractivity contribution in [3.05, 3.63) is 42.2 Å². The SMILES string of the molecule is Cn1cccc1[C@@H](CNC(=O)C(=O)Nc1ccc2c(c1)OCO2)N1CCCC1. The van der Waals surface area contributed by atoms with Gasteiger partial charge in [-0.3, -0.25) is 14.5 Å². The van der Waals surface area contributed by atoms with Crippen molar-refractivity contribution in [3.63, 3.8) is 0 Å². The van der Waals surface area contributed by atoms with Crippen LogP contribution in [0.5, 0.6) is 11.5 Å². The summed E-state index contributed by atoms with van der Waals surface area (Å²) >= 11 is 0. The van der Waals surface area contributed by atoms with Crippen LogP contribution in [0, 0.1) is 0 Å². The molecule has 148 valence electrons. The maximum atomic E-state index is 12.4. The number of likely N-dealkylation sites (tertiary alicyclic amines) is 1. The number of aryl methyl sites for hydroxylation is 1. The minimum atomic E-state index is -0.703. The third-order valence-electron chi connectivity index (χ3n) is 5.20. The summed E-state index contributed by atoms with van der Waals surface area (Å²) in [6.07, 6.45) is 4.30. The Morgan fingerprint density at radius 1 is 1.11 bits per heavy atom. The fourth-order valence-corrected chi connectivity index (χ4v) is 3.73. The van der Waals surface area contributed by atoms with E-state index in [-0.39, 0.29) is 12.8 Å². The molecule has 2 amide bonds. The second-order valence-electron chi connectivity index (χ2n) is 7.04. The van der Waals surface area contributed by atoms with E-state index in [4.69, 9.17) is 9.47 Å². The molecule has 0 saturated carbocycles. The van der Waals surface area contributed by atoms with Gasteiger partial charge in [-0.1, -0.05) is 0 Å². The average Bonchev–Trinajstić information content (AvgIpc) is 3.44. The van der Waals surface area contributed by atoms with Gasteiger partial charge in [-0.15, -0.1) is 0 Å². The lowest BCUT2D eigenvalue weighted by Gasteiger charge is -2.28. The first kappa shape index (κ1) is 18.4. The number of carbonyl (C=O) groups is 2. The lowest BCUT2D eigenvalue weighted by atomic mass is 10.1. The number of hydrogen-bond acceptors (Lipinski definition) is 5. The van der Waals surface area contributed by atoms with Crippen LogP contribution >= 0.6 is 0 Å². The molecule has 1 aromatic carbocycles. The number of amides is 2. The van der Waals surface area contributed by atoms with Crippen molar-refractivity contribution in [1.29, 1.82) is 0 Å². The molecule has 8 heteroatoms. The number of nitrogens with one attached hydrogen (secondary N) is 2. The predicted molar refractivity (Wildman–Crippen MR) is 103 cm³/mol. The first-order valence-corrected chi connectivity index (χ1v) is 9.46. The standard InChI is InChI=1S/C20H24N4O4/c1-23-8-4-5-15(23)16(24-9-2-3-10-24)12-21-19(25)20(26)22-14-6-7-17-18(11-14)28-13-27-17/h4-8,11,16H,2-3,9-10,12-13H2,1H3,(H,21,25)(H,22,26)/t16-/m1/s1. The van der Waals surface area contributed by atoms with Crippen molar-refractivity contribution in [2.45, 2.75) is 18.9 Å². The molecule has 1 fully saturated rings. The molecular formula is C20H24N4O4. The van der Waals surface area contributed by atoms with Crippen molar-refractivity contribution in [2.75, 3.05) is 31.7 Å². The van der Waals surface area contributed by atoms with Crippen molar-refractivity contribution in [3.8, 4) is 11.5 Å². The first-order valence-electron chi connectivity index (χ1n) is 9.46. The molecule has 1 atom stereocenters. The lowest BCUT2D eigenvalue weighted by molar-refractivity contribution is -0.136. The third kappa shape index (κ3) is 3.82. The number of fused-ring (bicyclic) bond motifs is 1. The molecule has 1 saturated heterocycles. The number of benzene rings is 1. The van der Waals surface area contributed by atoms with E-state index >= 15 is 0 Å². The van der Waals surface area contributed by atoms with Gasteiger partial charge in [0.1, 0.15) is 0 Å². The van der Waals surface area contributed by atoms with Gasteiger partial charge in [0.25, 0.3) is 0 Å². The number of rotatable bonds is 5. The fourth-order valence-electron chi connectivity index (χ4n) is 3.73. The Morgan fingerprint density at radius 3 is 2.64 bits per heavy atom. The van der Waals surface area contributed by atoms with Crippen LogP contribution in [0.4, 0.5) is 5.69 Å². The van der Waals surface area contributed by atoms with Gasteiger partial charge < -0.3 is 24.7 Å². The highest BCUT2D eigenvalue weighted by Crippen LogP contribution is 2.34. The Hall–Kier alpha value is -3.00. The number of aromatic nitrogens is 1. The molecule has 4 rings (SSSR count). The van der Waals surface area contributed by atoms with Gasteiger partial charge in [0.2, 0.25) is 6.79 Å². The summed E-state index contributed by atoms with van der Waals surface area (Å²) in [5.41, 5.74) is 1.61. The van der Waals surface area contributed by atoms with E-state index < -0.39 is 11.8 Å². The van der Waals surface area contributed by atoms with Gasteiger partial charge >= 0.3 is 11.8 Å². The Balaban J connectivity index is 1.37. The number of nitrogens with zero attached hydrogens (tertiary/aromatic N) is 2. The van der Waals surface area contributed by atoms with E-state index in [2.05, 4.69) is 26.2 Å². The first-order chi connectivity index (χ1) is 13.6. The maximum absolute atomic E-state index is 12.4. The molecule has 2 aliphatic heterocycles. The molecule has 0 bridgehead atoms.